The van der Waals surface area contributed by atoms with E-state index in [0.29, 0.717) is 5.56 Å². The topological polar surface area (TPSA) is 69.7 Å². The van der Waals surface area contributed by atoms with E-state index in [1.54, 1.807) is 27.7 Å². The van der Waals surface area contributed by atoms with Crippen molar-refractivity contribution in [3.63, 3.8) is 0 Å². The third kappa shape index (κ3) is 5.01. The predicted octanol–water partition coefficient (Wildman–Crippen LogP) is 2.83. The number of hydrogen-bond acceptors (Lipinski definition) is 6. The summed E-state index contributed by atoms with van der Waals surface area (Å²) in [7, 11) is -5.17. The monoisotopic (exact) mass is 322 g/mol. The van der Waals surface area contributed by atoms with Crippen molar-refractivity contribution in [2.24, 2.45) is 0 Å². The number of ether oxygens (including phenoxy) is 1. The fourth-order valence-corrected chi connectivity index (χ4v) is 1.96. The molecule has 20 heavy (non-hydrogen) atoms. The summed E-state index contributed by atoms with van der Waals surface area (Å²) in [5.74, 6) is -1.02. The molecule has 0 bridgehead atoms. The molecule has 0 aromatic heterocycles. The molecule has 0 atom stereocenters. The second-order valence-electron chi connectivity index (χ2n) is 5.09. The molecule has 0 heterocycles. The SMILES string of the molecule is Cc1c(S)cc(OS(=O)(=O)F)cc1C(=O)OC(C)(C)C. The van der Waals surface area contributed by atoms with Crippen LogP contribution < -0.4 is 4.18 Å². The summed E-state index contributed by atoms with van der Waals surface area (Å²) in [6, 6.07) is 2.30. The lowest BCUT2D eigenvalue weighted by molar-refractivity contribution is 0.00680. The summed E-state index contributed by atoms with van der Waals surface area (Å²) >= 11 is 4.09. The van der Waals surface area contributed by atoms with E-state index in [0.717, 1.165) is 6.07 Å². The van der Waals surface area contributed by atoms with Crippen molar-refractivity contribution in [3.05, 3.63) is 23.3 Å². The van der Waals surface area contributed by atoms with Gasteiger partial charge in [-0.15, -0.1) is 12.6 Å². The highest BCUT2D eigenvalue weighted by Crippen LogP contribution is 2.27. The van der Waals surface area contributed by atoms with Gasteiger partial charge in [0.2, 0.25) is 0 Å². The van der Waals surface area contributed by atoms with Crippen molar-refractivity contribution in [1.29, 1.82) is 0 Å². The van der Waals surface area contributed by atoms with Crippen LogP contribution in [0.15, 0.2) is 17.0 Å². The Labute approximate surface area is 122 Å². The summed E-state index contributed by atoms with van der Waals surface area (Å²) in [6.45, 7) is 6.67. The van der Waals surface area contributed by atoms with Crippen LogP contribution in [-0.2, 0) is 15.2 Å². The molecule has 0 aliphatic carbocycles. The van der Waals surface area contributed by atoms with Crippen molar-refractivity contribution >= 4 is 29.1 Å². The maximum absolute atomic E-state index is 12.5. The number of hydrogen-bond donors (Lipinski definition) is 1. The smallest absolute Gasteiger partial charge is 0.456 e. The van der Waals surface area contributed by atoms with Gasteiger partial charge in [-0.1, -0.05) is 3.89 Å². The van der Waals surface area contributed by atoms with E-state index in [-0.39, 0.29) is 16.2 Å². The molecule has 0 spiro atoms. The summed E-state index contributed by atoms with van der Waals surface area (Å²) in [5.41, 5.74) is -0.180. The normalized spacial score (nSPS) is 12.1. The van der Waals surface area contributed by atoms with E-state index >= 15 is 0 Å². The Kier molecular flexibility index (Phi) is 4.70. The van der Waals surface area contributed by atoms with Crippen LogP contribution in [0.4, 0.5) is 3.89 Å². The van der Waals surface area contributed by atoms with Crippen molar-refractivity contribution in [3.8, 4) is 5.75 Å². The van der Waals surface area contributed by atoms with Gasteiger partial charge >= 0.3 is 16.5 Å². The van der Waals surface area contributed by atoms with Gasteiger partial charge in [0.15, 0.2) is 0 Å². The number of halogens is 1. The van der Waals surface area contributed by atoms with Crippen LogP contribution in [0.1, 0.15) is 36.7 Å². The number of thiol groups is 1. The molecule has 112 valence electrons. The molecule has 0 unspecified atom stereocenters. The van der Waals surface area contributed by atoms with Gasteiger partial charge in [-0.25, -0.2) is 4.79 Å². The molecule has 0 amide bonds. The van der Waals surface area contributed by atoms with Gasteiger partial charge in [0.1, 0.15) is 11.4 Å². The fraction of sp³-hybridized carbons (Fsp3) is 0.417. The van der Waals surface area contributed by atoms with Crippen molar-refractivity contribution in [2.45, 2.75) is 38.2 Å². The van der Waals surface area contributed by atoms with Gasteiger partial charge < -0.3 is 8.92 Å². The third-order valence-corrected chi connectivity index (χ3v) is 3.02. The van der Waals surface area contributed by atoms with Crippen LogP contribution >= 0.6 is 12.6 Å². The Morgan fingerprint density at radius 1 is 1.30 bits per heavy atom. The summed E-state index contributed by atoms with van der Waals surface area (Å²) in [4.78, 5) is 12.3. The first-order valence-corrected chi connectivity index (χ1v) is 7.35. The van der Waals surface area contributed by atoms with E-state index in [1.165, 1.54) is 6.07 Å². The van der Waals surface area contributed by atoms with Crippen molar-refractivity contribution in [2.75, 3.05) is 0 Å². The zero-order valence-electron chi connectivity index (χ0n) is 11.4. The number of carbonyl (C=O) groups excluding carboxylic acids is 1. The fourth-order valence-electron chi connectivity index (χ4n) is 1.38. The molecular weight excluding hydrogens is 307 g/mol. The van der Waals surface area contributed by atoms with Gasteiger partial charge in [0.05, 0.1) is 5.56 Å². The van der Waals surface area contributed by atoms with Crippen LogP contribution in [0.25, 0.3) is 0 Å². The van der Waals surface area contributed by atoms with E-state index in [4.69, 9.17) is 4.74 Å². The highest BCUT2D eigenvalue weighted by molar-refractivity contribution is 7.81. The zero-order chi connectivity index (χ0) is 15.7. The molecule has 5 nitrogen and oxygen atoms in total. The quantitative estimate of drug-likeness (QED) is 0.526. The zero-order valence-corrected chi connectivity index (χ0v) is 13.1. The largest absolute Gasteiger partial charge is 0.488 e. The molecule has 0 saturated carbocycles. The second-order valence-corrected chi connectivity index (χ2v) is 6.53. The Morgan fingerprint density at radius 2 is 1.85 bits per heavy atom. The van der Waals surface area contributed by atoms with Crippen LogP contribution in [0, 0.1) is 6.92 Å². The van der Waals surface area contributed by atoms with Crippen LogP contribution in [0.3, 0.4) is 0 Å². The lowest BCUT2D eigenvalue weighted by Gasteiger charge is -2.20. The Morgan fingerprint density at radius 3 is 2.30 bits per heavy atom. The number of benzene rings is 1. The molecule has 0 fully saturated rings. The molecule has 1 aromatic carbocycles. The minimum Gasteiger partial charge on any atom is -0.456 e. The molecule has 0 radical (unpaired) electrons. The molecule has 8 heteroatoms. The second kappa shape index (κ2) is 5.61. The van der Waals surface area contributed by atoms with Crippen LogP contribution in [-0.4, -0.2) is 20.0 Å². The van der Waals surface area contributed by atoms with Crippen molar-refractivity contribution < 1.29 is 26.0 Å². The highest BCUT2D eigenvalue weighted by atomic mass is 32.3. The lowest BCUT2D eigenvalue weighted by atomic mass is 10.1. The van der Waals surface area contributed by atoms with E-state index in [2.05, 4.69) is 16.8 Å². The number of carbonyl (C=O) groups is 1. The van der Waals surface area contributed by atoms with Crippen LogP contribution in [0.5, 0.6) is 5.75 Å². The van der Waals surface area contributed by atoms with Gasteiger partial charge in [-0.05, 0) is 45.4 Å². The summed E-state index contributed by atoms with van der Waals surface area (Å²) in [6.07, 6.45) is 0. The first kappa shape index (κ1) is 16.8. The molecule has 0 aliphatic rings. The van der Waals surface area contributed by atoms with Gasteiger partial charge in [-0.3, -0.25) is 0 Å². The molecule has 0 N–H and O–H groups in total. The van der Waals surface area contributed by atoms with Gasteiger partial charge in [0, 0.05) is 4.90 Å². The van der Waals surface area contributed by atoms with Gasteiger partial charge in [-0.2, -0.15) is 8.42 Å². The van der Waals surface area contributed by atoms with E-state index < -0.39 is 22.1 Å². The first-order valence-electron chi connectivity index (χ1n) is 5.60. The Balaban J connectivity index is 3.22. The molecular formula is C12H15FO5S2. The molecule has 1 aromatic rings. The standard InChI is InChI=1S/C12H15FO5S2/c1-7-9(11(14)17-12(2,3)4)5-8(6-10(7)19)18-20(13,15)16/h5-6,19H,1-4H3. The van der Waals surface area contributed by atoms with E-state index in [9.17, 15) is 17.1 Å². The summed E-state index contributed by atoms with van der Waals surface area (Å²) < 4.78 is 42.8. The predicted molar refractivity (Wildman–Crippen MR) is 74.3 cm³/mol. The average Bonchev–Trinajstić information content (AvgIpc) is 2.18. The van der Waals surface area contributed by atoms with E-state index in [1.807, 2.05) is 0 Å². The maximum Gasteiger partial charge on any atom is 0.488 e. The van der Waals surface area contributed by atoms with Crippen molar-refractivity contribution in [1.82, 2.24) is 0 Å². The molecule has 1 rings (SSSR count). The number of esters is 1. The Hall–Kier alpha value is -1.28. The minimum absolute atomic E-state index is 0.0612. The third-order valence-electron chi connectivity index (χ3n) is 2.17. The first-order chi connectivity index (χ1) is 8.89. The Bertz CT molecular complexity index is 632. The molecule has 0 aliphatic heterocycles. The van der Waals surface area contributed by atoms with Crippen LogP contribution in [0.2, 0.25) is 0 Å². The summed E-state index contributed by atoms with van der Waals surface area (Å²) in [5, 5.41) is 0. The number of rotatable bonds is 3. The maximum atomic E-state index is 12.5. The molecule has 0 saturated heterocycles. The minimum atomic E-state index is -5.17. The lowest BCUT2D eigenvalue weighted by Crippen LogP contribution is -2.24. The van der Waals surface area contributed by atoms with Gasteiger partial charge in [0.25, 0.3) is 0 Å². The highest BCUT2D eigenvalue weighted by Gasteiger charge is 2.22. The average molecular weight is 322 g/mol.